The molecule has 0 radical (unpaired) electrons. The fraction of sp³-hybridized carbons (Fsp3) is 0.269. The Bertz CT molecular complexity index is 1030. The summed E-state index contributed by atoms with van der Waals surface area (Å²) in [4.78, 5) is 0. The SMILES string of the molecule is CC1=[C-]C(C)(C)C(C)=C1C.Cc1[cH-]c2ccccc2c1Pc1ccccc1.[F][Ti][F]. The minimum absolute atomic E-state index is 0.189. The molecule has 4 rings (SSSR count). The van der Waals surface area contributed by atoms with Gasteiger partial charge in [0, 0.05) is 0 Å². The minimum atomic E-state index is -2.50. The van der Waals surface area contributed by atoms with E-state index < -0.39 is 20.2 Å². The van der Waals surface area contributed by atoms with Gasteiger partial charge in [0.05, 0.1) is 0 Å². The molecule has 1 unspecified atom stereocenters. The van der Waals surface area contributed by atoms with Crippen LogP contribution in [0.4, 0.5) is 6.18 Å². The monoisotopic (exact) mass is 458 g/mol. The van der Waals surface area contributed by atoms with Gasteiger partial charge in [0.2, 0.25) is 0 Å². The van der Waals surface area contributed by atoms with Crippen LogP contribution in [0.25, 0.3) is 10.8 Å². The number of aryl methyl sites for hydroxylation is 1. The zero-order valence-corrected chi connectivity index (χ0v) is 21.1. The van der Waals surface area contributed by atoms with Gasteiger partial charge >= 0.3 is 26.4 Å². The molecule has 30 heavy (non-hydrogen) atoms. The van der Waals surface area contributed by atoms with Crippen molar-refractivity contribution in [1.82, 2.24) is 0 Å². The average Bonchev–Trinajstić information content (AvgIpc) is 3.12. The summed E-state index contributed by atoms with van der Waals surface area (Å²) in [6.45, 7) is 13.1. The van der Waals surface area contributed by atoms with Crippen LogP contribution in [-0.2, 0) is 20.2 Å². The first-order valence-electron chi connectivity index (χ1n) is 9.94. The quantitative estimate of drug-likeness (QED) is 0.213. The van der Waals surface area contributed by atoms with Gasteiger partial charge in [-0.05, 0) is 5.30 Å². The number of benzene rings is 2. The van der Waals surface area contributed by atoms with Gasteiger partial charge in [-0.15, -0.1) is 61.4 Å². The van der Waals surface area contributed by atoms with E-state index in [1.54, 1.807) is 0 Å². The van der Waals surface area contributed by atoms with E-state index in [0.717, 1.165) is 8.58 Å². The van der Waals surface area contributed by atoms with Crippen molar-refractivity contribution in [2.24, 2.45) is 5.41 Å². The van der Waals surface area contributed by atoms with Crippen molar-refractivity contribution in [3.8, 4) is 0 Å². The molecular formula is C26H29F2PTi-2. The normalized spacial score (nSPS) is 14.9. The molecule has 0 amide bonds. The van der Waals surface area contributed by atoms with Crippen molar-refractivity contribution in [2.75, 3.05) is 0 Å². The fourth-order valence-corrected chi connectivity index (χ4v) is 4.89. The second kappa shape index (κ2) is 11.2. The third-order valence-corrected chi connectivity index (χ3v) is 7.14. The second-order valence-corrected chi connectivity index (χ2v) is 9.53. The van der Waals surface area contributed by atoms with Gasteiger partial charge in [-0.1, -0.05) is 76.4 Å². The van der Waals surface area contributed by atoms with Crippen molar-refractivity contribution >= 4 is 30.0 Å². The van der Waals surface area contributed by atoms with Gasteiger partial charge < -0.3 is 0 Å². The van der Waals surface area contributed by atoms with Crippen LogP contribution < -0.4 is 10.6 Å². The Morgan fingerprint density at radius 3 is 1.97 bits per heavy atom. The molecule has 0 fully saturated rings. The van der Waals surface area contributed by atoms with Crippen LogP contribution in [0.5, 0.6) is 0 Å². The summed E-state index contributed by atoms with van der Waals surface area (Å²) in [7, 11) is 0.754. The van der Waals surface area contributed by atoms with E-state index in [2.05, 4.69) is 108 Å². The van der Waals surface area contributed by atoms with E-state index in [-0.39, 0.29) is 5.41 Å². The molecule has 0 aliphatic heterocycles. The molecule has 0 nitrogen and oxygen atoms in total. The van der Waals surface area contributed by atoms with E-state index in [9.17, 15) is 6.18 Å². The van der Waals surface area contributed by atoms with Crippen LogP contribution in [-0.4, -0.2) is 0 Å². The second-order valence-electron chi connectivity index (χ2n) is 7.98. The molecule has 0 spiro atoms. The molecular weight excluding hydrogens is 429 g/mol. The van der Waals surface area contributed by atoms with Gasteiger partial charge in [0.15, 0.2) is 0 Å². The Hall–Kier alpha value is -1.47. The molecule has 1 atom stereocenters. The zero-order chi connectivity index (χ0) is 22.3. The zero-order valence-electron chi connectivity index (χ0n) is 18.5. The summed E-state index contributed by atoms with van der Waals surface area (Å²) in [5, 5.41) is 5.68. The van der Waals surface area contributed by atoms with Crippen molar-refractivity contribution in [1.29, 1.82) is 0 Å². The number of hydrogen-bond acceptors (Lipinski definition) is 0. The number of hydrogen-bond donors (Lipinski definition) is 0. The van der Waals surface area contributed by atoms with Gasteiger partial charge in [0.1, 0.15) is 0 Å². The summed E-state index contributed by atoms with van der Waals surface area (Å²) in [5.41, 5.74) is 5.81. The Morgan fingerprint density at radius 1 is 0.900 bits per heavy atom. The van der Waals surface area contributed by atoms with Crippen LogP contribution in [0.3, 0.4) is 0 Å². The summed E-state index contributed by atoms with van der Waals surface area (Å²) < 4.78 is 19.5. The number of rotatable bonds is 2. The Labute approximate surface area is 191 Å². The maximum atomic E-state index is 9.75. The molecule has 0 N–H and O–H groups in total. The summed E-state index contributed by atoms with van der Waals surface area (Å²) >= 11 is -2.50. The molecule has 158 valence electrons. The summed E-state index contributed by atoms with van der Waals surface area (Å²) in [6.07, 6.45) is 3.44. The summed E-state index contributed by atoms with van der Waals surface area (Å²) in [5.74, 6) is 0. The molecule has 0 heterocycles. The molecule has 3 aromatic carbocycles. The van der Waals surface area contributed by atoms with Crippen LogP contribution in [0.1, 0.15) is 40.2 Å². The summed E-state index contributed by atoms with van der Waals surface area (Å²) in [6, 6.07) is 21.7. The van der Waals surface area contributed by atoms with Crippen LogP contribution in [0.2, 0.25) is 0 Å². The topological polar surface area (TPSA) is 0 Å². The average molecular weight is 458 g/mol. The number of allylic oxidation sites excluding steroid dienone is 4. The predicted octanol–water partition coefficient (Wildman–Crippen LogP) is 7.45. The number of halogens is 2. The van der Waals surface area contributed by atoms with E-state index >= 15 is 0 Å². The van der Waals surface area contributed by atoms with Gasteiger partial charge in [0.25, 0.3) is 0 Å². The fourth-order valence-electron chi connectivity index (χ4n) is 3.61. The van der Waals surface area contributed by atoms with Crippen LogP contribution >= 0.6 is 8.58 Å². The van der Waals surface area contributed by atoms with Gasteiger partial charge in [-0.25, -0.2) is 5.57 Å². The van der Waals surface area contributed by atoms with E-state index in [0.29, 0.717) is 0 Å². The van der Waals surface area contributed by atoms with Gasteiger partial charge in [-0.2, -0.15) is 11.1 Å². The van der Waals surface area contributed by atoms with E-state index in [1.807, 2.05) is 0 Å². The molecule has 0 saturated carbocycles. The van der Waals surface area contributed by atoms with E-state index in [1.165, 1.54) is 43.7 Å². The first-order valence-corrected chi connectivity index (χ1v) is 12.1. The predicted molar refractivity (Wildman–Crippen MR) is 125 cm³/mol. The Kier molecular flexibility index (Phi) is 9.29. The molecule has 1 aliphatic carbocycles. The molecule has 0 saturated heterocycles. The van der Waals surface area contributed by atoms with Gasteiger partial charge in [-0.3, -0.25) is 6.08 Å². The van der Waals surface area contributed by atoms with Crippen molar-refractivity contribution in [3.63, 3.8) is 0 Å². The van der Waals surface area contributed by atoms with Crippen molar-refractivity contribution < 1.29 is 26.4 Å². The van der Waals surface area contributed by atoms with Crippen molar-refractivity contribution in [2.45, 2.75) is 41.5 Å². The first kappa shape index (κ1) is 24.8. The Balaban J connectivity index is 0.000000210. The molecule has 0 bridgehead atoms. The molecule has 4 heteroatoms. The standard InChI is InChI=1S/C16H14P.C10H15.2FH.Ti/c1-12-11-13-7-5-6-10-15(13)16(12)17-14-8-3-2-4-9-14;1-7-6-10(4,5)9(3)8(7)2;;;/h2-11,17H,1H3;1-5H3;2*1H;/q2*-1;;;+2/p-2. The third-order valence-electron chi connectivity index (χ3n) is 5.60. The van der Waals surface area contributed by atoms with Crippen LogP contribution in [0, 0.1) is 18.4 Å². The maximum absolute atomic E-state index is 9.75. The molecule has 0 aromatic heterocycles. The third kappa shape index (κ3) is 6.27. The van der Waals surface area contributed by atoms with Crippen LogP contribution in [0.15, 0.2) is 77.4 Å². The number of fused-ring (bicyclic) bond motifs is 1. The molecule has 3 aromatic rings. The van der Waals surface area contributed by atoms with Crippen molar-refractivity contribution in [3.05, 3.63) is 89.0 Å². The first-order chi connectivity index (χ1) is 14.2. The molecule has 1 aliphatic rings. The van der Waals surface area contributed by atoms with E-state index in [4.69, 9.17) is 0 Å². The Morgan fingerprint density at radius 2 is 1.47 bits per heavy atom.